The number of sulfonamides is 1. The Labute approximate surface area is 119 Å². The van der Waals surface area contributed by atoms with Crippen LogP contribution in [0, 0.1) is 0 Å². The van der Waals surface area contributed by atoms with Crippen LogP contribution in [0.5, 0.6) is 0 Å². The number of aromatic nitrogens is 2. The van der Waals surface area contributed by atoms with Crippen LogP contribution in [0.15, 0.2) is 12.3 Å². The second kappa shape index (κ2) is 5.46. The van der Waals surface area contributed by atoms with E-state index in [1.807, 2.05) is 10.9 Å². The topological polar surface area (TPSA) is 64.4 Å². The Hall–Kier alpha value is -0.920. The number of nitrogens with zero attached hydrogens (tertiary/aromatic N) is 3. The molecule has 2 fully saturated rings. The first kappa shape index (κ1) is 14.0. The van der Waals surface area contributed by atoms with Crippen LogP contribution < -0.4 is 0 Å². The molecule has 2 aliphatic rings. The minimum absolute atomic E-state index is 0.319. The second-order valence-corrected chi connectivity index (χ2v) is 7.66. The number of aryl methyl sites for hydroxylation is 1. The summed E-state index contributed by atoms with van der Waals surface area (Å²) in [5, 5.41) is 3.98. The smallest absolute Gasteiger partial charge is 0.221 e. The summed E-state index contributed by atoms with van der Waals surface area (Å²) >= 11 is 0. The van der Waals surface area contributed by atoms with Crippen molar-refractivity contribution in [3.8, 4) is 0 Å². The molecule has 0 aromatic carbocycles. The molecule has 0 spiro atoms. The molecule has 0 bridgehead atoms. The average Bonchev–Trinajstić information content (AvgIpc) is 2.84. The van der Waals surface area contributed by atoms with Crippen LogP contribution in [0.2, 0.25) is 0 Å². The zero-order chi connectivity index (χ0) is 14.2. The summed E-state index contributed by atoms with van der Waals surface area (Å²) in [6.07, 6.45) is 3.57. The van der Waals surface area contributed by atoms with Crippen molar-refractivity contribution in [1.29, 1.82) is 0 Å². The highest BCUT2D eigenvalue weighted by Gasteiger charge is 2.39. The van der Waals surface area contributed by atoms with E-state index >= 15 is 0 Å². The van der Waals surface area contributed by atoms with E-state index in [4.69, 9.17) is 4.74 Å². The number of hydrogen-bond acceptors (Lipinski definition) is 4. The highest BCUT2D eigenvalue weighted by Crippen LogP contribution is 2.30. The summed E-state index contributed by atoms with van der Waals surface area (Å²) < 4.78 is 33.3. The third-order valence-corrected chi connectivity index (χ3v) is 6.51. The zero-order valence-corrected chi connectivity index (χ0v) is 12.6. The van der Waals surface area contributed by atoms with Crippen molar-refractivity contribution in [2.45, 2.75) is 37.5 Å². The SMILES string of the molecule is CCn1nccc1C1CCN(S(=O)(=O)C2COC2)CC1. The molecule has 0 radical (unpaired) electrons. The molecule has 0 unspecified atom stereocenters. The fraction of sp³-hybridized carbons (Fsp3) is 0.769. The molecular formula is C13H21N3O3S. The van der Waals surface area contributed by atoms with Gasteiger partial charge in [-0.05, 0) is 25.8 Å². The molecule has 3 heterocycles. The quantitative estimate of drug-likeness (QED) is 0.825. The maximum atomic E-state index is 12.3. The van der Waals surface area contributed by atoms with E-state index in [0.717, 1.165) is 19.4 Å². The van der Waals surface area contributed by atoms with E-state index in [-0.39, 0.29) is 5.25 Å². The monoisotopic (exact) mass is 299 g/mol. The molecule has 3 rings (SSSR count). The number of hydrogen-bond donors (Lipinski definition) is 0. The minimum atomic E-state index is -3.15. The van der Waals surface area contributed by atoms with E-state index in [1.165, 1.54) is 5.69 Å². The summed E-state index contributed by atoms with van der Waals surface area (Å²) in [6, 6.07) is 2.05. The molecule has 1 aromatic rings. The molecule has 112 valence electrons. The van der Waals surface area contributed by atoms with Gasteiger partial charge in [-0.15, -0.1) is 0 Å². The summed E-state index contributed by atoms with van der Waals surface area (Å²) in [6.45, 7) is 4.86. The number of ether oxygens (including phenoxy) is 1. The van der Waals surface area contributed by atoms with Crippen molar-refractivity contribution in [2.24, 2.45) is 0 Å². The molecule has 0 saturated carbocycles. The van der Waals surface area contributed by atoms with Crippen LogP contribution in [0.1, 0.15) is 31.4 Å². The second-order valence-electron chi connectivity index (χ2n) is 5.45. The molecule has 0 amide bonds. The lowest BCUT2D eigenvalue weighted by atomic mass is 9.94. The van der Waals surface area contributed by atoms with E-state index in [1.54, 1.807) is 4.31 Å². The first-order chi connectivity index (χ1) is 9.63. The molecular weight excluding hydrogens is 278 g/mol. The van der Waals surface area contributed by atoms with Crippen molar-refractivity contribution in [3.05, 3.63) is 18.0 Å². The van der Waals surface area contributed by atoms with Gasteiger partial charge in [0, 0.05) is 37.4 Å². The number of piperidine rings is 1. The molecule has 0 atom stereocenters. The first-order valence-electron chi connectivity index (χ1n) is 7.21. The molecule has 7 heteroatoms. The van der Waals surface area contributed by atoms with Gasteiger partial charge in [-0.2, -0.15) is 5.10 Å². The summed E-state index contributed by atoms with van der Waals surface area (Å²) in [5.41, 5.74) is 1.23. The van der Waals surface area contributed by atoms with Gasteiger partial charge in [-0.25, -0.2) is 12.7 Å². The highest BCUT2D eigenvalue weighted by atomic mass is 32.2. The standard InChI is InChI=1S/C13H21N3O3S/c1-2-16-13(3-6-14-16)11-4-7-15(8-5-11)20(17,18)12-9-19-10-12/h3,6,11-12H,2,4-5,7-10H2,1H3. The fourth-order valence-electron chi connectivity index (χ4n) is 2.96. The van der Waals surface area contributed by atoms with E-state index < -0.39 is 10.0 Å². The summed E-state index contributed by atoms with van der Waals surface area (Å²) in [4.78, 5) is 0. The Balaban J connectivity index is 1.65. The maximum Gasteiger partial charge on any atom is 0.221 e. The Kier molecular flexibility index (Phi) is 3.83. The average molecular weight is 299 g/mol. The van der Waals surface area contributed by atoms with E-state index in [9.17, 15) is 8.42 Å². The van der Waals surface area contributed by atoms with E-state index in [0.29, 0.717) is 32.2 Å². The van der Waals surface area contributed by atoms with Crippen molar-refractivity contribution in [1.82, 2.24) is 14.1 Å². The van der Waals surface area contributed by atoms with Gasteiger partial charge in [-0.1, -0.05) is 0 Å². The zero-order valence-electron chi connectivity index (χ0n) is 11.7. The van der Waals surface area contributed by atoms with Crippen molar-refractivity contribution in [2.75, 3.05) is 26.3 Å². The van der Waals surface area contributed by atoms with Crippen LogP contribution in [-0.4, -0.2) is 54.1 Å². The van der Waals surface area contributed by atoms with Crippen LogP contribution in [0.25, 0.3) is 0 Å². The van der Waals surface area contributed by atoms with Crippen molar-refractivity contribution < 1.29 is 13.2 Å². The lowest BCUT2D eigenvalue weighted by molar-refractivity contribution is 0.0388. The van der Waals surface area contributed by atoms with Crippen molar-refractivity contribution in [3.63, 3.8) is 0 Å². The molecule has 20 heavy (non-hydrogen) atoms. The first-order valence-corrected chi connectivity index (χ1v) is 8.71. The lowest BCUT2D eigenvalue weighted by Crippen LogP contribution is -2.50. The van der Waals surface area contributed by atoms with Gasteiger partial charge in [0.15, 0.2) is 0 Å². The van der Waals surface area contributed by atoms with Crippen LogP contribution >= 0.6 is 0 Å². The number of rotatable bonds is 4. The van der Waals surface area contributed by atoms with Gasteiger partial charge >= 0.3 is 0 Å². The molecule has 6 nitrogen and oxygen atoms in total. The third kappa shape index (κ3) is 2.38. The predicted molar refractivity (Wildman–Crippen MR) is 75.0 cm³/mol. The van der Waals surface area contributed by atoms with Gasteiger partial charge in [0.05, 0.1) is 13.2 Å². The Morgan fingerprint density at radius 3 is 2.60 bits per heavy atom. The Morgan fingerprint density at radius 2 is 2.05 bits per heavy atom. The third-order valence-electron chi connectivity index (χ3n) is 4.31. The molecule has 2 saturated heterocycles. The van der Waals surface area contributed by atoms with Crippen LogP contribution in [-0.2, 0) is 21.3 Å². The van der Waals surface area contributed by atoms with Crippen LogP contribution in [0.3, 0.4) is 0 Å². The van der Waals surface area contributed by atoms with Gasteiger partial charge in [0.1, 0.15) is 5.25 Å². The summed E-state index contributed by atoms with van der Waals surface area (Å²) in [5.74, 6) is 0.418. The molecule has 1 aromatic heterocycles. The largest absolute Gasteiger partial charge is 0.378 e. The van der Waals surface area contributed by atoms with Crippen molar-refractivity contribution >= 4 is 10.0 Å². The van der Waals surface area contributed by atoms with Gasteiger partial charge < -0.3 is 4.74 Å². The lowest BCUT2D eigenvalue weighted by Gasteiger charge is -2.36. The summed E-state index contributed by atoms with van der Waals surface area (Å²) in [7, 11) is -3.15. The highest BCUT2D eigenvalue weighted by molar-refractivity contribution is 7.89. The molecule has 0 aliphatic carbocycles. The fourth-order valence-corrected chi connectivity index (χ4v) is 4.63. The van der Waals surface area contributed by atoms with Gasteiger partial charge in [0.2, 0.25) is 10.0 Å². The van der Waals surface area contributed by atoms with Gasteiger partial charge in [-0.3, -0.25) is 4.68 Å². The minimum Gasteiger partial charge on any atom is -0.378 e. The Morgan fingerprint density at radius 1 is 1.35 bits per heavy atom. The van der Waals surface area contributed by atoms with Crippen LogP contribution in [0.4, 0.5) is 0 Å². The van der Waals surface area contributed by atoms with Gasteiger partial charge in [0.25, 0.3) is 0 Å². The Bertz CT molecular complexity index is 557. The normalized spacial score (nSPS) is 22.9. The maximum absolute atomic E-state index is 12.3. The van der Waals surface area contributed by atoms with E-state index in [2.05, 4.69) is 18.1 Å². The molecule has 2 aliphatic heterocycles. The molecule has 0 N–H and O–H groups in total. The predicted octanol–water partition coefficient (Wildman–Crippen LogP) is 0.811.